The van der Waals surface area contributed by atoms with Crippen LogP contribution in [0.25, 0.3) is 11.3 Å². The Balaban J connectivity index is 2.41. The molecule has 0 atom stereocenters. The molecule has 2 heterocycles. The van der Waals surface area contributed by atoms with Gasteiger partial charge in [0.25, 0.3) is 0 Å². The zero-order chi connectivity index (χ0) is 11.5. The zero-order valence-corrected chi connectivity index (χ0v) is 10.3. The van der Waals surface area contributed by atoms with Crippen LogP contribution in [0.2, 0.25) is 0 Å². The topological polar surface area (TPSA) is 52.0 Å². The minimum atomic E-state index is 0.638. The largest absolute Gasteiger partial charge is 0.483 e. The molecule has 6 heteroatoms. The van der Waals surface area contributed by atoms with E-state index in [4.69, 9.17) is 4.74 Å². The minimum absolute atomic E-state index is 0.638. The maximum absolute atomic E-state index is 5.56. The third-order valence-corrected chi connectivity index (χ3v) is 3.05. The number of nitrogens with one attached hydrogen (secondary N) is 1. The van der Waals surface area contributed by atoms with Crippen molar-refractivity contribution in [3.8, 4) is 16.3 Å². The number of ether oxygens (including phenoxy) is 1. The molecule has 0 aliphatic heterocycles. The molecule has 16 heavy (non-hydrogen) atoms. The molecule has 0 radical (unpaired) electrons. The van der Waals surface area contributed by atoms with Gasteiger partial charge in [0.05, 0.1) is 12.8 Å². The normalized spacial score (nSPS) is 10.4. The van der Waals surface area contributed by atoms with Crippen molar-refractivity contribution in [1.82, 2.24) is 14.8 Å². The number of thiazole rings is 1. The van der Waals surface area contributed by atoms with Gasteiger partial charge in [-0.25, -0.2) is 4.98 Å². The summed E-state index contributed by atoms with van der Waals surface area (Å²) in [7, 11) is 3.73. The number of aryl methyl sites for hydroxylation is 1. The van der Waals surface area contributed by atoms with Gasteiger partial charge >= 0.3 is 0 Å². The lowest BCUT2D eigenvalue weighted by Crippen LogP contribution is -1.90. The molecule has 0 aliphatic rings. The molecule has 0 bridgehead atoms. The number of aromatic nitrogens is 3. The van der Waals surface area contributed by atoms with Crippen LogP contribution in [0.3, 0.4) is 0 Å². The summed E-state index contributed by atoms with van der Waals surface area (Å²) in [4.78, 5) is 4.46. The number of anilines is 1. The van der Waals surface area contributed by atoms with E-state index in [1.54, 1.807) is 10.9 Å². The Morgan fingerprint density at radius 3 is 2.94 bits per heavy atom. The van der Waals surface area contributed by atoms with E-state index in [-0.39, 0.29) is 0 Å². The van der Waals surface area contributed by atoms with Crippen LogP contribution in [0.4, 0.5) is 5.13 Å². The number of hydrogen-bond acceptors (Lipinski definition) is 5. The van der Waals surface area contributed by atoms with E-state index < -0.39 is 0 Å². The van der Waals surface area contributed by atoms with Crippen molar-refractivity contribution in [3.05, 3.63) is 12.4 Å². The molecule has 1 N–H and O–H groups in total. The quantitative estimate of drug-likeness (QED) is 0.885. The van der Waals surface area contributed by atoms with E-state index in [0.717, 1.165) is 21.5 Å². The third kappa shape index (κ3) is 2.01. The van der Waals surface area contributed by atoms with Crippen molar-refractivity contribution in [2.24, 2.45) is 7.05 Å². The molecular weight excluding hydrogens is 224 g/mol. The highest BCUT2D eigenvalue weighted by atomic mass is 32.1. The maximum Gasteiger partial charge on any atom is 0.204 e. The van der Waals surface area contributed by atoms with Crippen LogP contribution in [0.15, 0.2) is 12.4 Å². The smallest absolute Gasteiger partial charge is 0.204 e. The van der Waals surface area contributed by atoms with Gasteiger partial charge in [-0.15, -0.1) is 0 Å². The second kappa shape index (κ2) is 4.52. The van der Waals surface area contributed by atoms with E-state index in [9.17, 15) is 0 Å². The summed E-state index contributed by atoms with van der Waals surface area (Å²) in [5, 5.41) is 8.84. The average molecular weight is 238 g/mol. The Morgan fingerprint density at radius 2 is 2.38 bits per heavy atom. The molecule has 2 aromatic heterocycles. The first kappa shape index (κ1) is 10.9. The highest BCUT2D eigenvalue weighted by Crippen LogP contribution is 2.37. The summed E-state index contributed by atoms with van der Waals surface area (Å²) in [5.74, 6) is 0. The summed E-state index contributed by atoms with van der Waals surface area (Å²) >= 11 is 1.51. The molecule has 0 aromatic carbocycles. The third-order valence-electron chi connectivity index (χ3n) is 2.06. The first-order valence-corrected chi connectivity index (χ1v) is 5.86. The summed E-state index contributed by atoms with van der Waals surface area (Å²) in [5.41, 5.74) is 1.83. The van der Waals surface area contributed by atoms with Crippen LogP contribution < -0.4 is 10.1 Å². The first-order chi connectivity index (χ1) is 7.74. The van der Waals surface area contributed by atoms with Gasteiger partial charge in [0.1, 0.15) is 5.69 Å². The summed E-state index contributed by atoms with van der Waals surface area (Å²) in [6, 6.07) is 0. The molecule has 2 aromatic rings. The SMILES string of the molecule is CCOc1sc(NC)nc1-c1cnn(C)c1. The average Bonchev–Trinajstić information content (AvgIpc) is 2.85. The van der Waals surface area contributed by atoms with Crippen molar-refractivity contribution >= 4 is 16.5 Å². The Hall–Kier alpha value is -1.56. The summed E-state index contributed by atoms with van der Waals surface area (Å²) in [6.45, 7) is 2.60. The minimum Gasteiger partial charge on any atom is -0.483 e. The van der Waals surface area contributed by atoms with Gasteiger partial charge in [-0.05, 0) is 6.92 Å². The van der Waals surface area contributed by atoms with Crippen molar-refractivity contribution in [3.63, 3.8) is 0 Å². The fourth-order valence-corrected chi connectivity index (χ4v) is 2.22. The molecule has 86 valence electrons. The van der Waals surface area contributed by atoms with Crippen LogP contribution >= 0.6 is 11.3 Å². The van der Waals surface area contributed by atoms with E-state index in [1.165, 1.54) is 11.3 Å². The van der Waals surface area contributed by atoms with E-state index in [2.05, 4.69) is 15.4 Å². The van der Waals surface area contributed by atoms with Crippen molar-refractivity contribution < 1.29 is 4.74 Å². The number of rotatable bonds is 4. The highest BCUT2D eigenvalue weighted by Gasteiger charge is 2.14. The predicted octanol–water partition coefficient (Wildman–Crippen LogP) is 1.98. The lowest BCUT2D eigenvalue weighted by atomic mass is 10.3. The molecule has 5 nitrogen and oxygen atoms in total. The second-order valence-electron chi connectivity index (χ2n) is 3.24. The number of hydrogen-bond donors (Lipinski definition) is 1. The zero-order valence-electron chi connectivity index (χ0n) is 9.52. The van der Waals surface area contributed by atoms with Crippen LogP contribution in [-0.2, 0) is 7.05 Å². The van der Waals surface area contributed by atoms with Crippen LogP contribution in [-0.4, -0.2) is 28.4 Å². The molecule has 2 rings (SSSR count). The Kier molecular flexibility index (Phi) is 3.09. The molecule has 0 spiro atoms. The predicted molar refractivity (Wildman–Crippen MR) is 65.0 cm³/mol. The molecule has 0 fully saturated rings. The van der Waals surface area contributed by atoms with Crippen molar-refractivity contribution in [1.29, 1.82) is 0 Å². The molecule has 0 saturated heterocycles. The van der Waals surface area contributed by atoms with Gasteiger partial charge in [0, 0.05) is 25.9 Å². The van der Waals surface area contributed by atoms with Crippen LogP contribution in [0, 0.1) is 0 Å². The Morgan fingerprint density at radius 1 is 1.56 bits per heavy atom. The van der Waals surface area contributed by atoms with Gasteiger partial charge in [0.2, 0.25) is 5.06 Å². The molecule has 0 unspecified atom stereocenters. The van der Waals surface area contributed by atoms with Crippen molar-refractivity contribution in [2.75, 3.05) is 19.0 Å². The fraction of sp³-hybridized carbons (Fsp3) is 0.400. The Bertz CT molecular complexity index is 477. The van der Waals surface area contributed by atoms with E-state index >= 15 is 0 Å². The molecule has 0 amide bonds. The van der Waals surface area contributed by atoms with Crippen LogP contribution in [0.5, 0.6) is 5.06 Å². The molecule has 0 aliphatic carbocycles. The van der Waals surface area contributed by atoms with Gasteiger partial charge < -0.3 is 10.1 Å². The van der Waals surface area contributed by atoms with Gasteiger partial charge in [-0.3, -0.25) is 4.68 Å². The maximum atomic E-state index is 5.56. The van der Waals surface area contributed by atoms with Gasteiger partial charge in [0.15, 0.2) is 5.13 Å². The lowest BCUT2D eigenvalue weighted by molar-refractivity contribution is 0.351. The van der Waals surface area contributed by atoms with Crippen molar-refractivity contribution in [2.45, 2.75) is 6.92 Å². The fourth-order valence-electron chi connectivity index (χ4n) is 1.37. The summed E-state index contributed by atoms with van der Waals surface area (Å²) < 4.78 is 7.32. The van der Waals surface area contributed by atoms with E-state index in [0.29, 0.717) is 6.61 Å². The molecule has 0 saturated carbocycles. The number of nitrogens with zero attached hydrogens (tertiary/aromatic N) is 3. The first-order valence-electron chi connectivity index (χ1n) is 5.05. The monoisotopic (exact) mass is 238 g/mol. The van der Waals surface area contributed by atoms with Crippen LogP contribution in [0.1, 0.15) is 6.92 Å². The van der Waals surface area contributed by atoms with E-state index in [1.807, 2.05) is 27.2 Å². The summed E-state index contributed by atoms with van der Waals surface area (Å²) in [6.07, 6.45) is 3.72. The lowest BCUT2D eigenvalue weighted by Gasteiger charge is -1.99. The molecular formula is C10H14N4OS. The standard InChI is InChI=1S/C10H14N4OS/c1-4-15-9-8(13-10(11-2)16-9)7-5-12-14(3)6-7/h5-6H,4H2,1-3H3,(H,11,13). The second-order valence-corrected chi connectivity index (χ2v) is 4.20. The van der Waals surface area contributed by atoms with Gasteiger partial charge in [-0.2, -0.15) is 5.10 Å². The van der Waals surface area contributed by atoms with Gasteiger partial charge in [-0.1, -0.05) is 11.3 Å². The Labute approximate surface area is 98.1 Å². The highest BCUT2D eigenvalue weighted by molar-refractivity contribution is 7.17.